The fourth-order valence-electron chi connectivity index (χ4n) is 2.45. The molecule has 0 atom stereocenters. The fraction of sp³-hybridized carbons (Fsp3) is 0.538. The van der Waals surface area contributed by atoms with Crippen molar-refractivity contribution in [3.63, 3.8) is 0 Å². The van der Waals surface area contributed by atoms with Gasteiger partial charge in [-0.3, -0.25) is 9.59 Å². The van der Waals surface area contributed by atoms with E-state index in [1.165, 1.54) is 10.6 Å². The maximum Gasteiger partial charge on any atom is 0.250 e. The van der Waals surface area contributed by atoms with Gasteiger partial charge in [0.2, 0.25) is 11.5 Å². The zero-order valence-electron chi connectivity index (χ0n) is 10.6. The summed E-state index contributed by atoms with van der Waals surface area (Å²) < 4.78 is 1.43. The van der Waals surface area contributed by atoms with Crippen molar-refractivity contribution >= 4 is 11.6 Å². The molecule has 1 aromatic rings. The van der Waals surface area contributed by atoms with Gasteiger partial charge in [0.25, 0.3) is 0 Å². The van der Waals surface area contributed by atoms with E-state index < -0.39 is 0 Å². The van der Waals surface area contributed by atoms with Crippen molar-refractivity contribution in [3.05, 3.63) is 28.7 Å². The molecule has 1 amide bonds. The summed E-state index contributed by atoms with van der Waals surface area (Å²) >= 11 is 0. The van der Waals surface area contributed by atoms with Crippen LogP contribution in [0.4, 0.5) is 5.69 Å². The molecule has 98 valence electrons. The Bertz CT molecular complexity index is 501. The minimum atomic E-state index is -0.343. The number of amides is 1. The molecular formula is C13H19N3O2. The fourth-order valence-corrected chi connectivity index (χ4v) is 2.45. The second-order valence-electron chi connectivity index (χ2n) is 5.16. The number of hydrogen-bond acceptors (Lipinski definition) is 3. The Kier molecular flexibility index (Phi) is 3.52. The molecule has 1 fully saturated rings. The minimum absolute atomic E-state index is 0.0851. The Morgan fingerprint density at radius 2 is 2.11 bits per heavy atom. The van der Waals surface area contributed by atoms with Crippen LogP contribution in [0.25, 0.3) is 0 Å². The van der Waals surface area contributed by atoms with Crippen molar-refractivity contribution < 1.29 is 4.79 Å². The summed E-state index contributed by atoms with van der Waals surface area (Å²) in [7, 11) is 1.65. The summed E-state index contributed by atoms with van der Waals surface area (Å²) in [5.41, 5.74) is 6.34. The second-order valence-corrected chi connectivity index (χ2v) is 5.16. The van der Waals surface area contributed by atoms with Gasteiger partial charge in [-0.05, 0) is 18.9 Å². The van der Waals surface area contributed by atoms with E-state index >= 15 is 0 Å². The van der Waals surface area contributed by atoms with E-state index in [9.17, 15) is 9.59 Å². The van der Waals surface area contributed by atoms with Crippen LogP contribution in [0.15, 0.2) is 23.1 Å². The van der Waals surface area contributed by atoms with Gasteiger partial charge in [-0.15, -0.1) is 0 Å². The third-order valence-corrected chi connectivity index (χ3v) is 3.48. The molecule has 1 heterocycles. The summed E-state index contributed by atoms with van der Waals surface area (Å²) in [5, 5.41) is 2.78. The summed E-state index contributed by atoms with van der Waals surface area (Å²) in [4.78, 5) is 23.1. The topological polar surface area (TPSA) is 77.1 Å². The van der Waals surface area contributed by atoms with Crippen molar-refractivity contribution in [1.82, 2.24) is 4.57 Å². The quantitative estimate of drug-likeness (QED) is 0.838. The van der Waals surface area contributed by atoms with Crippen LogP contribution in [0.3, 0.4) is 0 Å². The van der Waals surface area contributed by atoms with Gasteiger partial charge in [-0.25, -0.2) is 0 Å². The number of aryl methyl sites for hydroxylation is 1. The van der Waals surface area contributed by atoms with Crippen molar-refractivity contribution in [3.8, 4) is 0 Å². The number of aromatic nitrogens is 1. The van der Waals surface area contributed by atoms with E-state index in [2.05, 4.69) is 5.32 Å². The van der Waals surface area contributed by atoms with Crippen molar-refractivity contribution in [2.45, 2.75) is 37.6 Å². The van der Waals surface area contributed by atoms with E-state index in [1.807, 2.05) is 0 Å². The first-order valence-electron chi connectivity index (χ1n) is 6.24. The Balaban J connectivity index is 1.98. The van der Waals surface area contributed by atoms with Crippen LogP contribution in [-0.2, 0) is 11.8 Å². The molecule has 0 saturated heterocycles. The Hall–Kier alpha value is -1.62. The number of carbonyl (C=O) groups is 1. The minimum Gasteiger partial charge on any atom is -0.325 e. The normalized spacial score (nSPS) is 17.7. The lowest BCUT2D eigenvalue weighted by Crippen LogP contribution is -2.40. The first-order valence-corrected chi connectivity index (χ1v) is 6.24. The van der Waals surface area contributed by atoms with Gasteiger partial charge in [-0.1, -0.05) is 12.8 Å². The van der Waals surface area contributed by atoms with Crippen LogP contribution in [0.2, 0.25) is 0 Å². The van der Waals surface area contributed by atoms with E-state index in [4.69, 9.17) is 5.73 Å². The molecular weight excluding hydrogens is 230 g/mol. The van der Waals surface area contributed by atoms with E-state index in [-0.39, 0.29) is 17.0 Å². The summed E-state index contributed by atoms with van der Waals surface area (Å²) in [6.45, 7) is 0. The maximum absolute atomic E-state index is 11.9. The monoisotopic (exact) mass is 249 g/mol. The third kappa shape index (κ3) is 2.98. The van der Waals surface area contributed by atoms with Gasteiger partial charge in [-0.2, -0.15) is 0 Å². The molecule has 0 radical (unpaired) electrons. The van der Waals surface area contributed by atoms with Gasteiger partial charge in [0, 0.05) is 31.3 Å². The standard InChI is InChI=1S/C13H19N3O2/c1-16-9-10(4-5-12(16)18)15-11(17)8-13(14)6-2-3-7-13/h4-5,9H,2-3,6-8,14H2,1H3,(H,15,17). The SMILES string of the molecule is Cn1cc(NC(=O)CC2(N)CCCC2)ccc1=O. The Labute approximate surface area is 106 Å². The second kappa shape index (κ2) is 4.94. The molecule has 1 saturated carbocycles. The number of hydrogen-bond donors (Lipinski definition) is 2. The first kappa shape index (κ1) is 12.8. The summed E-state index contributed by atoms with van der Waals surface area (Å²) in [6.07, 6.45) is 5.97. The molecule has 0 aliphatic heterocycles. The van der Waals surface area contributed by atoms with Crippen molar-refractivity contribution in [1.29, 1.82) is 0 Å². The molecule has 3 N–H and O–H groups in total. The number of nitrogens with two attached hydrogens (primary N) is 1. The molecule has 0 unspecified atom stereocenters. The van der Waals surface area contributed by atoms with E-state index in [0.717, 1.165) is 25.7 Å². The van der Waals surface area contributed by atoms with E-state index in [0.29, 0.717) is 12.1 Å². The smallest absolute Gasteiger partial charge is 0.250 e. The van der Waals surface area contributed by atoms with Crippen LogP contribution in [-0.4, -0.2) is 16.0 Å². The molecule has 0 bridgehead atoms. The molecule has 5 nitrogen and oxygen atoms in total. The number of anilines is 1. The summed E-state index contributed by atoms with van der Waals surface area (Å²) in [5.74, 6) is -0.0851. The van der Waals surface area contributed by atoms with Crippen molar-refractivity contribution in [2.24, 2.45) is 12.8 Å². The molecule has 1 aromatic heterocycles. The van der Waals surface area contributed by atoms with Gasteiger partial charge >= 0.3 is 0 Å². The number of carbonyl (C=O) groups excluding carboxylic acids is 1. The maximum atomic E-state index is 11.9. The average Bonchev–Trinajstić information content (AvgIpc) is 2.70. The van der Waals surface area contributed by atoms with Gasteiger partial charge < -0.3 is 15.6 Å². The molecule has 1 aliphatic carbocycles. The zero-order valence-corrected chi connectivity index (χ0v) is 10.6. The lowest BCUT2D eigenvalue weighted by molar-refractivity contribution is -0.117. The number of nitrogens with zero attached hydrogens (tertiary/aromatic N) is 1. The van der Waals surface area contributed by atoms with Gasteiger partial charge in [0.05, 0.1) is 5.69 Å². The van der Waals surface area contributed by atoms with Gasteiger partial charge in [0.1, 0.15) is 0 Å². The largest absolute Gasteiger partial charge is 0.325 e. The predicted octanol–water partition coefficient (Wildman–Crippen LogP) is 0.985. The Morgan fingerprint density at radius 1 is 1.44 bits per heavy atom. The molecule has 18 heavy (non-hydrogen) atoms. The highest BCUT2D eigenvalue weighted by atomic mass is 16.1. The van der Waals surface area contributed by atoms with Crippen LogP contribution < -0.4 is 16.6 Å². The zero-order chi connectivity index (χ0) is 13.2. The van der Waals surface area contributed by atoms with Gasteiger partial charge in [0.15, 0.2) is 0 Å². The molecule has 1 aliphatic rings. The lowest BCUT2D eigenvalue weighted by atomic mass is 9.94. The molecule has 0 aromatic carbocycles. The third-order valence-electron chi connectivity index (χ3n) is 3.48. The van der Waals surface area contributed by atoms with Crippen LogP contribution >= 0.6 is 0 Å². The van der Waals surface area contributed by atoms with Crippen molar-refractivity contribution in [2.75, 3.05) is 5.32 Å². The number of nitrogens with one attached hydrogen (secondary N) is 1. The lowest BCUT2D eigenvalue weighted by Gasteiger charge is -2.22. The summed E-state index contributed by atoms with van der Waals surface area (Å²) in [6, 6.07) is 3.04. The molecule has 5 heteroatoms. The van der Waals surface area contributed by atoms with E-state index in [1.54, 1.807) is 19.3 Å². The number of pyridine rings is 1. The molecule has 0 spiro atoms. The highest BCUT2D eigenvalue weighted by Gasteiger charge is 2.31. The highest BCUT2D eigenvalue weighted by molar-refractivity contribution is 5.91. The average molecular weight is 249 g/mol. The highest BCUT2D eigenvalue weighted by Crippen LogP contribution is 2.30. The predicted molar refractivity (Wildman–Crippen MR) is 70.3 cm³/mol. The van der Waals surface area contributed by atoms with Crippen LogP contribution in [0, 0.1) is 0 Å². The van der Waals surface area contributed by atoms with Crippen LogP contribution in [0.1, 0.15) is 32.1 Å². The molecule has 2 rings (SSSR count). The Morgan fingerprint density at radius 3 is 2.72 bits per heavy atom. The number of rotatable bonds is 3. The van der Waals surface area contributed by atoms with Crippen LogP contribution in [0.5, 0.6) is 0 Å². The first-order chi connectivity index (χ1) is 8.48.